The van der Waals surface area contributed by atoms with E-state index in [-0.39, 0.29) is 29.0 Å². The maximum absolute atomic E-state index is 12.8. The Morgan fingerprint density at radius 2 is 1.90 bits per heavy atom. The van der Waals surface area contributed by atoms with Crippen molar-refractivity contribution in [2.24, 2.45) is 4.99 Å². The predicted molar refractivity (Wildman–Crippen MR) is 102 cm³/mol. The molecule has 0 radical (unpaired) electrons. The summed E-state index contributed by atoms with van der Waals surface area (Å²) in [6.45, 7) is 0. The number of anilines is 3. The van der Waals surface area contributed by atoms with Gasteiger partial charge in [-0.1, -0.05) is 6.07 Å². The molecule has 1 unspecified atom stereocenters. The largest absolute Gasteiger partial charge is 0.733 e. The van der Waals surface area contributed by atoms with Gasteiger partial charge in [0.15, 0.2) is 0 Å². The number of carbonyl (C=O) groups is 2. The lowest BCUT2D eigenvalue weighted by Crippen LogP contribution is -2.45. The van der Waals surface area contributed by atoms with Gasteiger partial charge in [0.1, 0.15) is 6.04 Å². The predicted octanol–water partition coefficient (Wildman–Crippen LogP) is 2.69. The zero-order valence-electron chi connectivity index (χ0n) is 15.1. The fourth-order valence-corrected chi connectivity index (χ4v) is 2.62. The zero-order valence-corrected chi connectivity index (χ0v) is 15.1. The lowest BCUT2D eigenvalue weighted by Gasteiger charge is -2.22. The Morgan fingerprint density at radius 3 is 2.53 bits per heavy atom. The van der Waals surface area contributed by atoms with Crippen LogP contribution in [0.15, 0.2) is 53.5 Å². The van der Waals surface area contributed by atoms with Crippen LogP contribution in [0.2, 0.25) is 0 Å². The number of hydrogen-bond acceptors (Lipinski definition) is 7. The van der Waals surface area contributed by atoms with Crippen molar-refractivity contribution in [3.63, 3.8) is 0 Å². The first-order chi connectivity index (χ1) is 14.1. The van der Waals surface area contributed by atoms with Gasteiger partial charge in [-0.05, 0) is 42.5 Å². The minimum absolute atomic E-state index is 0.0340. The molecule has 0 aliphatic carbocycles. The van der Waals surface area contributed by atoms with Crippen molar-refractivity contribution in [3.05, 3.63) is 59.3 Å². The van der Waals surface area contributed by atoms with Gasteiger partial charge in [-0.2, -0.15) is 13.2 Å². The maximum atomic E-state index is 12.8. The van der Waals surface area contributed by atoms with E-state index >= 15 is 0 Å². The van der Waals surface area contributed by atoms with Crippen LogP contribution in [0.5, 0.6) is 0 Å². The minimum atomic E-state index is -4.54. The second-order valence-corrected chi connectivity index (χ2v) is 6.26. The summed E-state index contributed by atoms with van der Waals surface area (Å²) in [5.41, 5.74) is -0.603. The van der Waals surface area contributed by atoms with E-state index < -0.39 is 29.6 Å². The molecule has 0 spiro atoms. The molecule has 0 aromatic heterocycles. The second-order valence-electron chi connectivity index (χ2n) is 6.26. The summed E-state index contributed by atoms with van der Waals surface area (Å²) in [6.07, 6.45) is -4.80. The van der Waals surface area contributed by atoms with Crippen molar-refractivity contribution in [2.75, 3.05) is 15.9 Å². The van der Waals surface area contributed by atoms with E-state index in [1.54, 1.807) is 0 Å². The number of carbonyl (C=O) groups excluding carboxylic acids is 2. The highest BCUT2D eigenvalue weighted by Gasteiger charge is 2.31. The van der Waals surface area contributed by atoms with Gasteiger partial charge in [0.05, 0.1) is 17.7 Å². The van der Waals surface area contributed by atoms with Crippen molar-refractivity contribution < 1.29 is 28.0 Å². The van der Waals surface area contributed by atoms with Crippen molar-refractivity contribution in [2.45, 2.75) is 18.6 Å². The Morgan fingerprint density at radius 1 is 1.20 bits per heavy atom. The Kier molecular flexibility index (Phi) is 5.89. The normalized spacial score (nSPS) is 16.4. The molecular weight excluding hydrogens is 407 g/mol. The first-order valence-corrected chi connectivity index (χ1v) is 8.51. The number of nitrogens with zero attached hydrogens (tertiary/aromatic N) is 2. The number of nitrogens with one attached hydrogen (secondary N) is 3. The summed E-state index contributed by atoms with van der Waals surface area (Å²) in [7, 11) is 0. The summed E-state index contributed by atoms with van der Waals surface area (Å²) in [4.78, 5) is 28.4. The van der Waals surface area contributed by atoms with Gasteiger partial charge in [0.2, 0.25) is 17.8 Å². The summed E-state index contributed by atoms with van der Waals surface area (Å²) in [5.74, 6) is -1.34. The smallest absolute Gasteiger partial charge is 0.416 e. The fraction of sp³-hybridized carbons (Fsp3) is 0.167. The topological polar surface area (TPSA) is 129 Å². The quantitative estimate of drug-likeness (QED) is 0.561. The van der Waals surface area contributed by atoms with Crippen LogP contribution in [0.4, 0.5) is 30.2 Å². The molecule has 0 saturated carbocycles. The lowest BCUT2D eigenvalue weighted by atomic mass is 10.1. The van der Waals surface area contributed by atoms with Crippen LogP contribution >= 0.6 is 0 Å². The molecule has 1 aliphatic heterocycles. The van der Waals surface area contributed by atoms with Crippen molar-refractivity contribution in [1.82, 2.24) is 5.32 Å². The van der Waals surface area contributed by atoms with E-state index in [2.05, 4.69) is 20.9 Å². The minimum Gasteiger partial charge on any atom is -0.733 e. The molecule has 158 valence electrons. The number of guanidine groups is 1. The van der Waals surface area contributed by atoms with Crippen LogP contribution in [0.3, 0.4) is 0 Å². The molecule has 0 bridgehead atoms. The highest BCUT2D eigenvalue weighted by atomic mass is 19.4. The van der Waals surface area contributed by atoms with Gasteiger partial charge in [0, 0.05) is 11.4 Å². The molecule has 0 saturated heterocycles. The third-order valence-electron chi connectivity index (χ3n) is 4.03. The number of halogens is 3. The first-order valence-electron chi connectivity index (χ1n) is 8.51. The second kappa shape index (κ2) is 8.39. The number of hydrogen-bond donors (Lipinski definition) is 4. The molecule has 2 amide bonds. The number of alkyl halides is 3. The van der Waals surface area contributed by atoms with Gasteiger partial charge < -0.3 is 21.1 Å². The van der Waals surface area contributed by atoms with Crippen LogP contribution in [0.25, 0.3) is 0 Å². The van der Waals surface area contributed by atoms with Gasteiger partial charge in [-0.25, -0.2) is 4.99 Å². The SMILES string of the molecule is O=C1CC(C(=O)Nc2ccc(N([O-])O)cc2)N=C(Nc2cccc(C(F)(F)F)c2)N1. The molecule has 12 heteroatoms. The summed E-state index contributed by atoms with van der Waals surface area (Å²) >= 11 is 0. The maximum Gasteiger partial charge on any atom is 0.416 e. The molecular formula is C18H15F3N5O4-. The Bertz CT molecular complexity index is 977. The van der Waals surface area contributed by atoms with Crippen LogP contribution in [0, 0.1) is 5.21 Å². The standard InChI is InChI=1S/C18H15F3N5O4/c19-18(20,21)10-2-1-3-12(8-10)23-17-24-14(9-15(27)25-17)16(28)22-11-4-6-13(7-5-11)26(29)30/h1-8,14,29H,9H2,(H,22,28)(H2,23,24,25,27)/q-1. The number of rotatable bonds is 4. The molecule has 1 aliphatic rings. The van der Waals surface area contributed by atoms with Crippen LogP contribution in [-0.4, -0.2) is 29.0 Å². The van der Waals surface area contributed by atoms with E-state index in [0.717, 1.165) is 12.1 Å². The molecule has 4 N–H and O–H groups in total. The summed E-state index contributed by atoms with van der Waals surface area (Å²) in [6, 6.07) is 8.43. The van der Waals surface area contributed by atoms with Crippen molar-refractivity contribution in [3.8, 4) is 0 Å². The summed E-state index contributed by atoms with van der Waals surface area (Å²) < 4.78 is 38.5. The number of amides is 2. The summed E-state index contributed by atoms with van der Waals surface area (Å²) in [5, 5.41) is 26.7. The average molecular weight is 422 g/mol. The molecule has 9 nitrogen and oxygen atoms in total. The van der Waals surface area contributed by atoms with E-state index in [9.17, 15) is 28.0 Å². The van der Waals surface area contributed by atoms with Gasteiger partial charge in [0.25, 0.3) is 0 Å². The Balaban J connectivity index is 1.72. The first kappa shape index (κ1) is 21.1. The molecule has 2 aromatic carbocycles. The monoisotopic (exact) mass is 422 g/mol. The Labute approximate surface area is 167 Å². The van der Waals surface area contributed by atoms with E-state index in [1.807, 2.05) is 0 Å². The van der Waals surface area contributed by atoms with Gasteiger partial charge in [-0.3, -0.25) is 20.1 Å². The number of aliphatic imine (C=N–C) groups is 1. The van der Waals surface area contributed by atoms with Gasteiger partial charge >= 0.3 is 6.18 Å². The van der Waals surface area contributed by atoms with Crippen LogP contribution < -0.4 is 21.2 Å². The highest BCUT2D eigenvalue weighted by molar-refractivity contribution is 6.10. The molecule has 30 heavy (non-hydrogen) atoms. The molecule has 1 atom stereocenters. The third-order valence-corrected chi connectivity index (χ3v) is 4.03. The van der Waals surface area contributed by atoms with Crippen LogP contribution in [-0.2, 0) is 15.8 Å². The molecule has 0 fully saturated rings. The fourth-order valence-electron chi connectivity index (χ4n) is 2.62. The van der Waals surface area contributed by atoms with Crippen molar-refractivity contribution in [1.29, 1.82) is 0 Å². The van der Waals surface area contributed by atoms with Crippen LogP contribution in [0.1, 0.15) is 12.0 Å². The molecule has 3 rings (SSSR count). The van der Waals surface area contributed by atoms with E-state index in [0.29, 0.717) is 5.69 Å². The van der Waals surface area contributed by atoms with Crippen molar-refractivity contribution >= 4 is 34.8 Å². The van der Waals surface area contributed by atoms with Gasteiger partial charge in [-0.15, -0.1) is 0 Å². The zero-order chi connectivity index (χ0) is 21.9. The van der Waals surface area contributed by atoms with E-state index in [1.165, 1.54) is 36.4 Å². The number of benzene rings is 2. The average Bonchev–Trinajstić information content (AvgIpc) is 2.67. The van der Waals surface area contributed by atoms with E-state index in [4.69, 9.17) is 5.21 Å². The Hall–Kier alpha value is -3.64. The third kappa shape index (κ3) is 5.24. The highest BCUT2D eigenvalue weighted by Crippen LogP contribution is 2.30. The lowest BCUT2D eigenvalue weighted by molar-refractivity contribution is -0.137. The molecule has 2 aromatic rings. The molecule has 1 heterocycles.